The number of aryl methyl sites for hydroxylation is 1. The van der Waals surface area contributed by atoms with Crippen molar-refractivity contribution in [3.05, 3.63) is 107 Å². The summed E-state index contributed by atoms with van der Waals surface area (Å²) in [6.07, 6.45) is 2.39. The van der Waals surface area contributed by atoms with E-state index in [1.807, 2.05) is 67.6 Å². The third-order valence-corrected chi connectivity index (χ3v) is 5.92. The van der Waals surface area contributed by atoms with Crippen LogP contribution in [-0.2, 0) is 14.3 Å². The third kappa shape index (κ3) is 5.10. The highest BCUT2D eigenvalue weighted by Crippen LogP contribution is 2.29. The summed E-state index contributed by atoms with van der Waals surface area (Å²) in [5, 5.41) is 0.644. The lowest BCUT2D eigenvalue weighted by molar-refractivity contribution is 0.325. The quantitative estimate of drug-likeness (QED) is 0.359. The lowest BCUT2D eigenvalue weighted by atomic mass is 9.97. The Morgan fingerprint density at radius 3 is 2.25 bits per heavy atom. The minimum atomic E-state index is -3.77. The van der Waals surface area contributed by atoms with Crippen molar-refractivity contribution < 1.29 is 12.6 Å². The van der Waals surface area contributed by atoms with Crippen molar-refractivity contribution in [3.8, 4) is 0 Å². The largest absolute Gasteiger partial charge is 0.296 e. The fourth-order valence-corrected chi connectivity index (χ4v) is 3.97. The first-order chi connectivity index (χ1) is 13.5. The van der Waals surface area contributed by atoms with Crippen LogP contribution in [-0.4, -0.2) is 15.0 Å². The molecule has 3 rings (SSSR count). The van der Waals surface area contributed by atoms with Crippen molar-refractivity contribution in [2.45, 2.75) is 18.2 Å². The van der Waals surface area contributed by atoms with E-state index in [1.54, 1.807) is 24.3 Å². The average Bonchev–Trinajstić information content (AvgIpc) is 2.70. The monoisotopic (exact) mass is 412 g/mol. The highest BCUT2D eigenvalue weighted by Gasteiger charge is 2.14. The molecule has 0 N–H and O–H groups in total. The first-order valence-electron chi connectivity index (χ1n) is 8.94. The summed E-state index contributed by atoms with van der Waals surface area (Å²) in [7, 11) is -3.77. The zero-order valence-electron chi connectivity index (χ0n) is 15.5. The molecule has 0 saturated carbocycles. The second-order valence-electron chi connectivity index (χ2n) is 6.34. The van der Waals surface area contributed by atoms with Gasteiger partial charge in [-0.3, -0.25) is 4.18 Å². The van der Waals surface area contributed by atoms with Gasteiger partial charge in [0, 0.05) is 10.6 Å². The topological polar surface area (TPSA) is 43.4 Å². The Kier molecular flexibility index (Phi) is 6.68. The first kappa shape index (κ1) is 20.3. The number of rotatable bonds is 7. The van der Waals surface area contributed by atoms with Gasteiger partial charge in [0.1, 0.15) is 0 Å². The van der Waals surface area contributed by atoms with Crippen LogP contribution in [0.1, 0.15) is 23.1 Å². The van der Waals surface area contributed by atoms with Crippen LogP contribution < -0.4 is 0 Å². The molecule has 0 unspecified atom stereocenters. The van der Waals surface area contributed by atoms with E-state index in [0.29, 0.717) is 11.4 Å². The summed E-state index contributed by atoms with van der Waals surface area (Å²) >= 11 is 6.38. The number of benzene rings is 3. The van der Waals surface area contributed by atoms with Gasteiger partial charge in [-0.2, -0.15) is 8.42 Å². The molecule has 3 aromatic rings. The molecule has 0 fully saturated rings. The molecule has 0 aliphatic carbocycles. The number of halogens is 1. The standard InChI is InChI=1S/C23H21ClO3S/c1-18-13-15-20(16-14-18)28(25,26)27-17-7-11-21(19-8-3-2-4-9-19)22-10-5-6-12-23(22)24/h2-6,8-16H,7,17H2,1H3/b21-11+. The van der Waals surface area contributed by atoms with Crippen LogP contribution in [0.3, 0.4) is 0 Å². The molecule has 0 bridgehead atoms. The Balaban J connectivity index is 1.77. The molecule has 0 spiro atoms. The maximum atomic E-state index is 12.3. The molecule has 5 heteroatoms. The Hall–Kier alpha value is -2.40. The molecule has 0 atom stereocenters. The smallest absolute Gasteiger partial charge is 0.266 e. The van der Waals surface area contributed by atoms with Crippen molar-refractivity contribution in [2.75, 3.05) is 6.61 Å². The minimum Gasteiger partial charge on any atom is -0.266 e. The first-order valence-corrected chi connectivity index (χ1v) is 10.7. The van der Waals surface area contributed by atoms with E-state index in [9.17, 15) is 8.42 Å². The lowest BCUT2D eigenvalue weighted by Gasteiger charge is -2.11. The molecule has 0 heterocycles. The van der Waals surface area contributed by atoms with E-state index in [1.165, 1.54) is 0 Å². The van der Waals surface area contributed by atoms with Crippen molar-refractivity contribution >= 4 is 27.3 Å². The minimum absolute atomic E-state index is 0.0526. The van der Waals surface area contributed by atoms with Gasteiger partial charge in [0.05, 0.1) is 11.5 Å². The maximum Gasteiger partial charge on any atom is 0.296 e. The van der Waals surface area contributed by atoms with Gasteiger partial charge in [-0.05, 0) is 42.7 Å². The summed E-state index contributed by atoms with van der Waals surface area (Å²) in [6, 6.07) is 24.1. The molecule has 0 aliphatic rings. The van der Waals surface area contributed by atoms with E-state index in [-0.39, 0.29) is 11.5 Å². The van der Waals surface area contributed by atoms with E-state index in [4.69, 9.17) is 15.8 Å². The zero-order valence-corrected chi connectivity index (χ0v) is 17.1. The predicted octanol–water partition coefficient (Wildman–Crippen LogP) is 5.88. The van der Waals surface area contributed by atoms with Gasteiger partial charge in [-0.15, -0.1) is 0 Å². The number of hydrogen-bond donors (Lipinski definition) is 0. The second-order valence-corrected chi connectivity index (χ2v) is 8.36. The predicted molar refractivity (Wildman–Crippen MR) is 114 cm³/mol. The van der Waals surface area contributed by atoms with Gasteiger partial charge in [0.2, 0.25) is 0 Å². The summed E-state index contributed by atoms with van der Waals surface area (Å²) in [4.78, 5) is 0.163. The van der Waals surface area contributed by atoms with Crippen LogP contribution in [0.4, 0.5) is 0 Å². The van der Waals surface area contributed by atoms with Gasteiger partial charge in [0.15, 0.2) is 0 Å². The fraction of sp³-hybridized carbons (Fsp3) is 0.130. The average molecular weight is 413 g/mol. The Morgan fingerprint density at radius 2 is 1.57 bits per heavy atom. The van der Waals surface area contributed by atoms with Gasteiger partial charge < -0.3 is 0 Å². The van der Waals surface area contributed by atoms with Crippen LogP contribution in [0, 0.1) is 6.92 Å². The molecule has 0 radical (unpaired) electrons. The van der Waals surface area contributed by atoms with Crippen molar-refractivity contribution in [1.29, 1.82) is 0 Å². The molecule has 3 aromatic carbocycles. The summed E-state index contributed by atoms with van der Waals surface area (Å²) in [5.41, 5.74) is 3.85. The van der Waals surface area contributed by atoms with Crippen molar-refractivity contribution in [3.63, 3.8) is 0 Å². The Labute approximate surface area is 171 Å². The van der Waals surface area contributed by atoms with E-state index >= 15 is 0 Å². The highest BCUT2D eigenvalue weighted by atomic mass is 35.5. The zero-order chi connectivity index (χ0) is 20.0. The maximum absolute atomic E-state index is 12.3. The molecule has 144 valence electrons. The molecule has 28 heavy (non-hydrogen) atoms. The lowest BCUT2D eigenvalue weighted by Crippen LogP contribution is -2.07. The van der Waals surface area contributed by atoms with Crippen LogP contribution in [0.5, 0.6) is 0 Å². The van der Waals surface area contributed by atoms with Gasteiger partial charge in [-0.25, -0.2) is 0 Å². The van der Waals surface area contributed by atoms with Gasteiger partial charge in [0.25, 0.3) is 10.1 Å². The molecule has 0 saturated heterocycles. The Bertz CT molecular complexity index is 1060. The van der Waals surface area contributed by atoms with Crippen LogP contribution in [0.15, 0.2) is 89.8 Å². The normalized spacial score (nSPS) is 12.1. The summed E-state index contributed by atoms with van der Waals surface area (Å²) in [6.45, 7) is 1.96. The van der Waals surface area contributed by atoms with Crippen LogP contribution >= 0.6 is 11.6 Å². The summed E-state index contributed by atoms with van der Waals surface area (Å²) < 4.78 is 29.8. The molecule has 3 nitrogen and oxygen atoms in total. The van der Waals surface area contributed by atoms with Crippen LogP contribution in [0.2, 0.25) is 5.02 Å². The summed E-state index contributed by atoms with van der Waals surface area (Å²) in [5.74, 6) is 0. The number of hydrogen-bond acceptors (Lipinski definition) is 3. The van der Waals surface area contributed by atoms with Crippen LogP contribution in [0.25, 0.3) is 5.57 Å². The van der Waals surface area contributed by atoms with E-state index in [0.717, 1.165) is 22.3 Å². The molecular weight excluding hydrogens is 392 g/mol. The van der Waals surface area contributed by atoms with E-state index in [2.05, 4.69) is 0 Å². The molecular formula is C23H21ClO3S. The van der Waals surface area contributed by atoms with Crippen molar-refractivity contribution in [2.24, 2.45) is 0 Å². The Morgan fingerprint density at radius 1 is 0.929 bits per heavy atom. The van der Waals surface area contributed by atoms with Crippen molar-refractivity contribution in [1.82, 2.24) is 0 Å². The fourth-order valence-electron chi connectivity index (χ4n) is 2.81. The highest BCUT2D eigenvalue weighted by molar-refractivity contribution is 7.86. The third-order valence-electron chi connectivity index (χ3n) is 4.26. The molecule has 0 amide bonds. The SMILES string of the molecule is Cc1ccc(S(=O)(=O)OCC/C=C(\c2ccccc2)c2ccccc2Cl)cc1. The van der Waals surface area contributed by atoms with Gasteiger partial charge >= 0.3 is 0 Å². The van der Waals surface area contributed by atoms with Gasteiger partial charge in [-0.1, -0.05) is 83.9 Å². The van der Waals surface area contributed by atoms with E-state index < -0.39 is 10.1 Å². The molecule has 0 aliphatic heterocycles. The second kappa shape index (κ2) is 9.20. The molecule has 0 aromatic heterocycles.